The van der Waals surface area contributed by atoms with Crippen molar-refractivity contribution >= 4 is 16.9 Å². The number of likely N-dealkylation sites (tertiary alicyclic amines) is 1. The highest BCUT2D eigenvalue weighted by molar-refractivity contribution is 5.82. The quantitative estimate of drug-likeness (QED) is 0.796. The number of imidazole rings is 1. The lowest BCUT2D eigenvalue weighted by molar-refractivity contribution is -0.142. The molecule has 0 radical (unpaired) electrons. The molecule has 1 amide bonds. The van der Waals surface area contributed by atoms with Crippen molar-refractivity contribution in [1.82, 2.24) is 14.9 Å². The average molecular weight is 335 g/mol. The summed E-state index contributed by atoms with van der Waals surface area (Å²) in [5, 5.41) is 0. The summed E-state index contributed by atoms with van der Waals surface area (Å²) in [6.07, 6.45) is -0.485. The molecule has 2 heterocycles. The second kappa shape index (κ2) is 6.24. The maximum absolute atomic E-state index is 12.5. The van der Waals surface area contributed by atoms with Gasteiger partial charge in [-0.2, -0.15) is 0 Å². The van der Waals surface area contributed by atoms with Gasteiger partial charge in [0.1, 0.15) is 11.6 Å². The van der Waals surface area contributed by atoms with E-state index in [1.165, 1.54) is 5.56 Å². The van der Waals surface area contributed by atoms with Gasteiger partial charge in [0.15, 0.2) is 6.10 Å². The molecule has 0 aliphatic carbocycles. The number of carbonyl (C=O) groups excluding carboxylic acids is 1. The van der Waals surface area contributed by atoms with Crippen LogP contribution in [0.2, 0.25) is 0 Å². The van der Waals surface area contributed by atoms with Crippen molar-refractivity contribution < 1.29 is 9.53 Å². The number of rotatable bonds is 4. The Kier molecular flexibility index (Phi) is 3.92. The fourth-order valence-electron chi connectivity index (χ4n) is 3.18. The molecule has 5 nitrogen and oxygen atoms in total. The van der Waals surface area contributed by atoms with Crippen LogP contribution in [0.25, 0.3) is 11.0 Å². The maximum Gasteiger partial charge on any atom is 0.263 e. The molecule has 1 aliphatic heterocycles. The monoisotopic (exact) mass is 335 g/mol. The molecule has 0 spiro atoms. The molecule has 0 saturated carbocycles. The molecule has 1 aromatic heterocycles. The second-order valence-corrected chi connectivity index (χ2v) is 6.66. The first-order chi connectivity index (χ1) is 12.1. The number of benzene rings is 2. The second-order valence-electron chi connectivity index (χ2n) is 6.66. The molecule has 5 heteroatoms. The lowest BCUT2D eigenvalue weighted by Gasteiger charge is -2.39. The summed E-state index contributed by atoms with van der Waals surface area (Å²) in [6, 6.07) is 15.6. The van der Waals surface area contributed by atoms with E-state index in [2.05, 4.69) is 29.0 Å². The van der Waals surface area contributed by atoms with Gasteiger partial charge in [-0.3, -0.25) is 4.79 Å². The molecule has 1 N–H and O–H groups in total. The minimum atomic E-state index is -0.485. The topological polar surface area (TPSA) is 58.2 Å². The summed E-state index contributed by atoms with van der Waals surface area (Å²) in [6.45, 7) is 5.23. The van der Waals surface area contributed by atoms with E-state index in [1.807, 2.05) is 41.3 Å². The van der Waals surface area contributed by atoms with Crippen LogP contribution >= 0.6 is 0 Å². The van der Waals surface area contributed by atoms with E-state index < -0.39 is 6.10 Å². The number of hydrogen-bond donors (Lipinski definition) is 1. The Morgan fingerprint density at radius 1 is 1.24 bits per heavy atom. The Bertz CT molecular complexity index is 898. The number of nitrogens with zero attached hydrogens (tertiary/aromatic N) is 2. The number of hydrogen-bond acceptors (Lipinski definition) is 3. The number of carbonyl (C=O) groups is 1. The molecule has 4 rings (SSSR count). The fourth-order valence-corrected chi connectivity index (χ4v) is 3.18. The Hall–Kier alpha value is -2.82. The first-order valence-electron chi connectivity index (χ1n) is 8.57. The van der Waals surface area contributed by atoms with Gasteiger partial charge in [-0.15, -0.1) is 0 Å². The number of amides is 1. The largest absolute Gasteiger partial charge is 0.481 e. The normalized spacial score (nSPS) is 15.8. The van der Waals surface area contributed by atoms with Crippen molar-refractivity contribution in [1.29, 1.82) is 0 Å². The molecule has 128 valence electrons. The Labute approximate surface area is 146 Å². The summed E-state index contributed by atoms with van der Waals surface area (Å²) in [4.78, 5) is 22.4. The van der Waals surface area contributed by atoms with Gasteiger partial charge in [0, 0.05) is 13.1 Å². The molecule has 3 aromatic rings. The minimum Gasteiger partial charge on any atom is -0.481 e. The summed E-state index contributed by atoms with van der Waals surface area (Å²) < 4.78 is 5.72. The molecule has 25 heavy (non-hydrogen) atoms. The van der Waals surface area contributed by atoms with Crippen LogP contribution in [0.15, 0.2) is 48.5 Å². The number of H-pyrrole nitrogens is 1. The van der Waals surface area contributed by atoms with E-state index >= 15 is 0 Å². The van der Waals surface area contributed by atoms with E-state index in [9.17, 15) is 4.79 Å². The molecular formula is C20H21N3O2. The number of aromatic nitrogens is 2. The molecule has 1 saturated heterocycles. The first-order valence-corrected chi connectivity index (χ1v) is 8.57. The molecule has 2 aromatic carbocycles. The van der Waals surface area contributed by atoms with Crippen LogP contribution in [-0.4, -0.2) is 40.0 Å². The van der Waals surface area contributed by atoms with Crippen molar-refractivity contribution in [3.8, 4) is 5.75 Å². The summed E-state index contributed by atoms with van der Waals surface area (Å²) >= 11 is 0. The third kappa shape index (κ3) is 3.09. The van der Waals surface area contributed by atoms with Crippen LogP contribution in [-0.2, 0) is 4.79 Å². The van der Waals surface area contributed by atoms with Crippen molar-refractivity contribution in [2.75, 3.05) is 13.1 Å². The third-order valence-corrected chi connectivity index (χ3v) is 4.64. The van der Waals surface area contributed by atoms with E-state index in [0.717, 1.165) is 16.9 Å². The van der Waals surface area contributed by atoms with Crippen LogP contribution in [0, 0.1) is 6.92 Å². The molecule has 1 atom stereocenters. The molecule has 0 unspecified atom stereocenters. The highest BCUT2D eigenvalue weighted by atomic mass is 16.5. The zero-order valence-corrected chi connectivity index (χ0v) is 14.4. The minimum absolute atomic E-state index is 0.0204. The zero-order valence-electron chi connectivity index (χ0n) is 14.4. The van der Waals surface area contributed by atoms with Gasteiger partial charge in [0.25, 0.3) is 5.91 Å². The van der Waals surface area contributed by atoms with E-state index in [4.69, 9.17) is 4.74 Å². The highest BCUT2D eigenvalue weighted by Crippen LogP contribution is 2.28. The van der Waals surface area contributed by atoms with Gasteiger partial charge < -0.3 is 14.6 Å². The van der Waals surface area contributed by atoms with Gasteiger partial charge in [-0.25, -0.2) is 4.98 Å². The molecule has 0 bridgehead atoms. The Morgan fingerprint density at radius 2 is 2.00 bits per heavy atom. The van der Waals surface area contributed by atoms with Crippen LogP contribution < -0.4 is 4.74 Å². The Morgan fingerprint density at radius 3 is 2.76 bits per heavy atom. The SMILES string of the molecule is Cc1ccc2nc(C3CN(C(=O)[C@@H](C)Oc4ccccc4)C3)[nH]c2c1. The average Bonchev–Trinajstić information content (AvgIpc) is 2.96. The predicted octanol–water partition coefficient (Wildman–Crippen LogP) is 3.26. The van der Waals surface area contributed by atoms with Crippen molar-refractivity contribution in [3.05, 3.63) is 59.9 Å². The standard InChI is InChI=1S/C20H21N3O2/c1-13-8-9-17-18(10-13)22-19(21-17)15-11-23(12-15)20(24)14(2)25-16-6-4-3-5-7-16/h3-10,14-15H,11-12H2,1-2H3,(H,21,22)/t14-/m1/s1. The summed E-state index contributed by atoms with van der Waals surface area (Å²) in [7, 11) is 0. The number of aromatic amines is 1. The van der Waals surface area contributed by atoms with Crippen molar-refractivity contribution in [3.63, 3.8) is 0 Å². The van der Waals surface area contributed by atoms with Crippen LogP contribution in [0.5, 0.6) is 5.75 Å². The Balaban J connectivity index is 1.38. The van der Waals surface area contributed by atoms with Gasteiger partial charge in [0.05, 0.1) is 17.0 Å². The summed E-state index contributed by atoms with van der Waals surface area (Å²) in [5.41, 5.74) is 3.24. The van der Waals surface area contributed by atoms with Gasteiger partial charge in [-0.1, -0.05) is 24.3 Å². The fraction of sp³-hybridized carbons (Fsp3) is 0.300. The molecular weight excluding hydrogens is 314 g/mol. The first kappa shape index (κ1) is 15.7. The number of aryl methyl sites for hydroxylation is 1. The van der Waals surface area contributed by atoms with E-state index in [-0.39, 0.29) is 11.8 Å². The number of nitrogens with one attached hydrogen (secondary N) is 1. The van der Waals surface area contributed by atoms with Gasteiger partial charge in [0.2, 0.25) is 0 Å². The van der Waals surface area contributed by atoms with Gasteiger partial charge in [-0.05, 0) is 43.7 Å². The van der Waals surface area contributed by atoms with Crippen LogP contribution in [0.3, 0.4) is 0 Å². The summed E-state index contributed by atoms with van der Waals surface area (Å²) in [5.74, 6) is 1.96. The lowest BCUT2D eigenvalue weighted by Crippen LogP contribution is -2.52. The van der Waals surface area contributed by atoms with Crippen LogP contribution in [0.1, 0.15) is 24.2 Å². The number of para-hydroxylation sites is 1. The lowest BCUT2D eigenvalue weighted by atomic mass is 9.99. The van der Waals surface area contributed by atoms with Crippen molar-refractivity contribution in [2.24, 2.45) is 0 Å². The smallest absolute Gasteiger partial charge is 0.263 e. The number of ether oxygens (including phenoxy) is 1. The molecule has 1 aliphatic rings. The van der Waals surface area contributed by atoms with E-state index in [1.54, 1.807) is 6.92 Å². The maximum atomic E-state index is 12.5. The zero-order chi connectivity index (χ0) is 17.4. The predicted molar refractivity (Wildman–Crippen MR) is 96.7 cm³/mol. The number of fused-ring (bicyclic) bond motifs is 1. The van der Waals surface area contributed by atoms with Crippen LogP contribution in [0.4, 0.5) is 0 Å². The highest BCUT2D eigenvalue weighted by Gasteiger charge is 2.36. The van der Waals surface area contributed by atoms with Crippen molar-refractivity contribution in [2.45, 2.75) is 25.9 Å². The van der Waals surface area contributed by atoms with E-state index in [0.29, 0.717) is 18.8 Å². The third-order valence-electron chi connectivity index (χ3n) is 4.64. The van der Waals surface area contributed by atoms with Gasteiger partial charge >= 0.3 is 0 Å². The molecule has 1 fully saturated rings.